The molecule has 0 aliphatic carbocycles. The number of sulfonamides is 1. The van der Waals surface area contributed by atoms with Crippen molar-refractivity contribution in [1.29, 1.82) is 0 Å². The Morgan fingerprint density at radius 1 is 1.33 bits per heavy atom. The van der Waals surface area contributed by atoms with Gasteiger partial charge in [0, 0.05) is 36.4 Å². The van der Waals surface area contributed by atoms with E-state index in [9.17, 15) is 18.3 Å². The van der Waals surface area contributed by atoms with Crippen LogP contribution in [0.2, 0.25) is 0 Å². The maximum atomic E-state index is 13.1. The zero-order chi connectivity index (χ0) is 16.9. The van der Waals surface area contributed by atoms with Crippen LogP contribution >= 0.6 is 11.3 Å². The van der Waals surface area contributed by atoms with Gasteiger partial charge >= 0.3 is 5.97 Å². The maximum absolute atomic E-state index is 13.1. The third-order valence-corrected chi connectivity index (χ3v) is 8.11. The van der Waals surface area contributed by atoms with Crippen LogP contribution in [-0.2, 0) is 36.1 Å². The molecule has 2 aromatic heterocycles. The Hall–Kier alpha value is -1.68. The van der Waals surface area contributed by atoms with Crippen LogP contribution in [0.25, 0.3) is 0 Å². The Morgan fingerprint density at radius 2 is 2.17 bits per heavy atom. The number of hydrogen-bond donors (Lipinski definition) is 2. The van der Waals surface area contributed by atoms with E-state index < -0.39 is 16.0 Å². The van der Waals surface area contributed by atoms with E-state index in [1.807, 2.05) is 22.9 Å². The minimum absolute atomic E-state index is 0.0243. The molecule has 0 spiro atoms. The van der Waals surface area contributed by atoms with Crippen molar-refractivity contribution >= 4 is 27.3 Å². The molecule has 4 heterocycles. The first-order valence-corrected chi connectivity index (χ1v) is 9.97. The fourth-order valence-electron chi connectivity index (χ4n) is 3.32. The van der Waals surface area contributed by atoms with Crippen molar-refractivity contribution in [3.8, 4) is 0 Å². The van der Waals surface area contributed by atoms with Gasteiger partial charge in [-0.05, 0) is 30.7 Å². The number of hydrogen-bond acceptors (Lipinski definition) is 5. The lowest BCUT2D eigenvalue weighted by atomic mass is 10.1. The van der Waals surface area contributed by atoms with Crippen LogP contribution in [0.4, 0.5) is 0 Å². The molecule has 4 rings (SSSR count). The fraction of sp³-hybridized carbons (Fsp3) is 0.400. The molecule has 7 nitrogen and oxygen atoms in total. The van der Waals surface area contributed by atoms with Crippen molar-refractivity contribution < 1.29 is 18.3 Å². The van der Waals surface area contributed by atoms with Crippen LogP contribution in [0.5, 0.6) is 0 Å². The van der Waals surface area contributed by atoms with E-state index in [1.54, 1.807) is 0 Å². The highest BCUT2D eigenvalue weighted by Crippen LogP contribution is 2.36. The Morgan fingerprint density at radius 3 is 2.96 bits per heavy atom. The number of nitrogens with zero attached hydrogens (tertiary/aromatic N) is 2. The summed E-state index contributed by atoms with van der Waals surface area (Å²) < 4.78 is 29.6. The quantitative estimate of drug-likeness (QED) is 0.848. The predicted octanol–water partition coefficient (Wildman–Crippen LogP) is 1.10. The lowest BCUT2D eigenvalue weighted by Crippen LogP contribution is -2.38. The van der Waals surface area contributed by atoms with Gasteiger partial charge in [-0.3, -0.25) is 0 Å². The van der Waals surface area contributed by atoms with Crippen molar-refractivity contribution in [2.45, 2.75) is 30.3 Å². The van der Waals surface area contributed by atoms with Crippen LogP contribution < -0.4 is 5.32 Å². The molecule has 2 aromatic rings. The highest BCUT2D eigenvalue weighted by atomic mass is 32.2. The molecular weight excluding hydrogens is 350 g/mol. The number of nitrogens with one attached hydrogen (secondary N) is 1. The molecule has 0 fully saturated rings. The van der Waals surface area contributed by atoms with Gasteiger partial charge in [0.1, 0.15) is 4.21 Å². The first-order valence-electron chi connectivity index (χ1n) is 7.71. The van der Waals surface area contributed by atoms with Gasteiger partial charge in [-0.2, -0.15) is 4.31 Å². The van der Waals surface area contributed by atoms with E-state index in [4.69, 9.17) is 0 Å². The maximum Gasteiger partial charge on any atom is 0.338 e. The number of carboxylic acids is 1. The molecule has 9 heteroatoms. The van der Waals surface area contributed by atoms with Crippen molar-refractivity contribution in [3.05, 3.63) is 40.0 Å². The highest BCUT2D eigenvalue weighted by Gasteiger charge is 2.36. The normalized spacial score (nSPS) is 18.2. The smallest absolute Gasteiger partial charge is 0.338 e. The summed E-state index contributed by atoms with van der Waals surface area (Å²) in [5.41, 5.74) is 1.56. The Bertz CT molecular complexity index is 913. The molecule has 0 radical (unpaired) electrons. The number of carbonyl (C=O) groups is 1. The standard InChI is InChI=1S/C15H17N3O4S2/c19-14(20)13-11-3-4-16-8-12(11)23-15(13)24(21,22)18-7-6-17-5-1-2-10(17)9-18/h1-2,5,16H,3-4,6-9H2,(H,19,20). The van der Waals surface area contributed by atoms with Crippen LogP contribution in [0.1, 0.15) is 26.5 Å². The zero-order valence-corrected chi connectivity index (χ0v) is 14.5. The minimum atomic E-state index is -3.82. The van der Waals surface area contributed by atoms with Gasteiger partial charge in [-0.15, -0.1) is 11.3 Å². The molecular formula is C15H17N3O4S2. The van der Waals surface area contributed by atoms with Gasteiger partial charge in [0.05, 0.1) is 12.1 Å². The second-order valence-corrected chi connectivity index (χ2v) is 9.17. The van der Waals surface area contributed by atoms with E-state index in [1.165, 1.54) is 4.31 Å². The summed E-state index contributed by atoms with van der Waals surface area (Å²) in [7, 11) is -3.82. The number of rotatable bonds is 3. The van der Waals surface area contributed by atoms with Crippen molar-refractivity contribution in [2.24, 2.45) is 0 Å². The highest BCUT2D eigenvalue weighted by molar-refractivity contribution is 7.91. The lowest BCUT2D eigenvalue weighted by Gasteiger charge is -2.27. The van der Waals surface area contributed by atoms with Gasteiger partial charge in [0.25, 0.3) is 10.0 Å². The van der Waals surface area contributed by atoms with Crippen LogP contribution in [-0.4, -0.2) is 41.5 Å². The SMILES string of the molecule is O=C(O)c1c(S(=O)(=O)N2CCn3cccc3C2)sc2c1CCNC2. The molecule has 0 amide bonds. The van der Waals surface area contributed by atoms with E-state index >= 15 is 0 Å². The zero-order valence-electron chi connectivity index (χ0n) is 12.9. The molecule has 0 bridgehead atoms. The lowest BCUT2D eigenvalue weighted by molar-refractivity contribution is 0.0692. The average molecular weight is 367 g/mol. The largest absolute Gasteiger partial charge is 0.478 e. The van der Waals surface area contributed by atoms with Crippen molar-refractivity contribution in [3.63, 3.8) is 0 Å². The fourth-order valence-corrected chi connectivity index (χ4v) is 6.72. The van der Waals surface area contributed by atoms with Crippen LogP contribution in [0, 0.1) is 0 Å². The van der Waals surface area contributed by atoms with E-state index in [0.29, 0.717) is 38.2 Å². The molecule has 2 N–H and O–H groups in total. The number of aromatic carboxylic acids is 1. The molecule has 128 valence electrons. The number of aromatic nitrogens is 1. The first kappa shape index (κ1) is 15.8. The monoisotopic (exact) mass is 367 g/mol. The van der Waals surface area contributed by atoms with Crippen molar-refractivity contribution in [1.82, 2.24) is 14.2 Å². The molecule has 2 aliphatic heterocycles. The molecule has 0 saturated carbocycles. The summed E-state index contributed by atoms with van der Waals surface area (Å²) in [6, 6.07) is 3.78. The van der Waals surface area contributed by atoms with Gasteiger partial charge in [0.2, 0.25) is 0 Å². The second kappa shape index (κ2) is 5.69. The Balaban J connectivity index is 1.78. The number of carboxylic acid groups (broad SMARTS) is 1. The minimum Gasteiger partial charge on any atom is -0.478 e. The summed E-state index contributed by atoms with van der Waals surface area (Å²) in [5.74, 6) is -1.16. The molecule has 0 saturated heterocycles. The summed E-state index contributed by atoms with van der Waals surface area (Å²) in [5, 5.41) is 12.8. The molecule has 24 heavy (non-hydrogen) atoms. The summed E-state index contributed by atoms with van der Waals surface area (Å²) in [4.78, 5) is 12.6. The third kappa shape index (κ3) is 2.39. The number of thiophene rings is 1. The molecule has 2 aliphatic rings. The van der Waals surface area contributed by atoms with Gasteiger partial charge < -0.3 is 15.0 Å². The first-order chi connectivity index (χ1) is 11.5. The third-order valence-electron chi connectivity index (χ3n) is 4.54. The summed E-state index contributed by atoms with van der Waals surface area (Å²) in [6.45, 7) is 2.40. The van der Waals surface area contributed by atoms with Gasteiger partial charge in [-0.1, -0.05) is 0 Å². The van der Waals surface area contributed by atoms with Crippen molar-refractivity contribution in [2.75, 3.05) is 13.1 Å². The van der Waals surface area contributed by atoms with Gasteiger partial charge in [0.15, 0.2) is 0 Å². The molecule has 0 unspecified atom stereocenters. The molecule has 0 atom stereocenters. The predicted molar refractivity (Wildman–Crippen MR) is 88.7 cm³/mol. The van der Waals surface area contributed by atoms with Crippen LogP contribution in [0.15, 0.2) is 22.5 Å². The summed E-state index contributed by atoms with van der Waals surface area (Å²) in [6.07, 6.45) is 2.48. The summed E-state index contributed by atoms with van der Waals surface area (Å²) >= 11 is 1.09. The van der Waals surface area contributed by atoms with E-state index in [2.05, 4.69) is 5.32 Å². The Labute approximate surface area is 143 Å². The van der Waals surface area contributed by atoms with E-state index in [-0.39, 0.29) is 16.3 Å². The molecule has 0 aromatic carbocycles. The van der Waals surface area contributed by atoms with Crippen LogP contribution in [0.3, 0.4) is 0 Å². The van der Waals surface area contributed by atoms with Gasteiger partial charge in [-0.25, -0.2) is 13.2 Å². The average Bonchev–Trinajstić information content (AvgIpc) is 3.18. The topological polar surface area (TPSA) is 91.6 Å². The Kier molecular flexibility index (Phi) is 3.75. The number of fused-ring (bicyclic) bond motifs is 2. The van der Waals surface area contributed by atoms with E-state index in [0.717, 1.165) is 21.9 Å². The second-order valence-electron chi connectivity index (χ2n) is 5.93.